The van der Waals surface area contributed by atoms with E-state index in [1.807, 2.05) is 18.2 Å². The topological polar surface area (TPSA) is 101 Å². The Bertz CT molecular complexity index is 885. The predicted molar refractivity (Wildman–Crippen MR) is 128 cm³/mol. The fourth-order valence-electron chi connectivity index (χ4n) is 4.17. The van der Waals surface area contributed by atoms with Gasteiger partial charge in [0.05, 0.1) is 19.3 Å². The first-order valence-electron chi connectivity index (χ1n) is 11.8. The number of aliphatic hydroxyl groups is 1. The molecule has 1 aromatic heterocycles. The van der Waals surface area contributed by atoms with Crippen LogP contribution in [0.4, 0.5) is 17.5 Å². The van der Waals surface area contributed by atoms with E-state index in [-0.39, 0.29) is 0 Å². The second-order valence-electron chi connectivity index (χ2n) is 8.70. The highest BCUT2D eigenvalue weighted by molar-refractivity contribution is 5.60. The Morgan fingerprint density at radius 2 is 1.97 bits per heavy atom. The molecule has 0 radical (unpaired) electrons. The molecule has 2 fully saturated rings. The Morgan fingerprint density at radius 1 is 1.15 bits per heavy atom. The molecule has 0 spiro atoms. The minimum absolute atomic E-state index is 0.421. The second kappa shape index (κ2) is 11.5. The lowest BCUT2D eigenvalue weighted by atomic mass is 9.94. The lowest BCUT2D eigenvalue weighted by Crippen LogP contribution is -2.42. The lowest BCUT2D eigenvalue weighted by Gasteiger charge is -2.32. The van der Waals surface area contributed by atoms with Crippen molar-refractivity contribution < 1.29 is 19.3 Å². The van der Waals surface area contributed by atoms with Crippen LogP contribution in [0.2, 0.25) is 0 Å². The average molecular weight is 458 g/mol. The van der Waals surface area contributed by atoms with Crippen molar-refractivity contribution in [2.75, 3.05) is 63.7 Å². The first-order valence-corrected chi connectivity index (χ1v) is 11.8. The Labute approximate surface area is 195 Å². The third-order valence-corrected chi connectivity index (χ3v) is 6.17. The predicted octanol–water partition coefficient (Wildman–Crippen LogP) is 3.05. The minimum atomic E-state index is -0.770. The van der Waals surface area contributed by atoms with E-state index < -0.39 is 5.60 Å². The van der Waals surface area contributed by atoms with E-state index >= 15 is 0 Å². The molecule has 3 N–H and O–H groups in total. The quantitative estimate of drug-likeness (QED) is 0.440. The van der Waals surface area contributed by atoms with Crippen LogP contribution in [-0.4, -0.2) is 78.7 Å². The number of rotatable bonds is 11. The van der Waals surface area contributed by atoms with Gasteiger partial charge in [-0.15, -0.1) is 0 Å². The van der Waals surface area contributed by atoms with Crippen molar-refractivity contribution in [3.8, 4) is 11.5 Å². The number of anilines is 3. The summed E-state index contributed by atoms with van der Waals surface area (Å²) in [4.78, 5) is 11.3. The number of ether oxygens (including phenoxy) is 3. The van der Waals surface area contributed by atoms with Gasteiger partial charge in [0.2, 0.25) is 5.95 Å². The van der Waals surface area contributed by atoms with E-state index in [2.05, 4.69) is 25.5 Å². The Hall–Kier alpha value is -2.62. The number of hydrogen-bond donors (Lipinski definition) is 3. The SMILES string of the molecule is COc1ccc(Nc2nccc(NCC3(O)CCOCC3)n2)cc1OCCCN1CCCC1. The number of likely N-dealkylation sites (tertiary alicyclic amines) is 1. The van der Waals surface area contributed by atoms with Crippen LogP contribution in [0.1, 0.15) is 32.1 Å². The zero-order chi connectivity index (χ0) is 22.9. The molecule has 2 saturated heterocycles. The molecule has 0 atom stereocenters. The summed E-state index contributed by atoms with van der Waals surface area (Å²) in [5, 5.41) is 17.1. The van der Waals surface area contributed by atoms with Crippen LogP contribution < -0.4 is 20.1 Å². The molecule has 3 heterocycles. The number of benzene rings is 1. The summed E-state index contributed by atoms with van der Waals surface area (Å²) in [6.45, 7) is 5.68. The number of hydrogen-bond acceptors (Lipinski definition) is 9. The molecule has 2 aliphatic heterocycles. The van der Waals surface area contributed by atoms with E-state index in [1.165, 1.54) is 25.9 Å². The van der Waals surface area contributed by atoms with Gasteiger partial charge in [0.15, 0.2) is 11.5 Å². The van der Waals surface area contributed by atoms with Crippen molar-refractivity contribution in [1.82, 2.24) is 14.9 Å². The van der Waals surface area contributed by atoms with Crippen LogP contribution in [0.5, 0.6) is 11.5 Å². The second-order valence-corrected chi connectivity index (χ2v) is 8.70. The Morgan fingerprint density at radius 3 is 2.76 bits per heavy atom. The van der Waals surface area contributed by atoms with E-state index in [9.17, 15) is 5.11 Å². The molecule has 0 saturated carbocycles. The van der Waals surface area contributed by atoms with Crippen molar-refractivity contribution in [3.05, 3.63) is 30.5 Å². The monoisotopic (exact) mass is 457 g/mol. The molecule has 0 aliphatic carbocycles. The smallest absolute Gasteiger partial charge is 0.229 e. The van der Waals surface area contributed by atoms with Gasteiger partial charge >= 0.3 is 0 Å². The molecule has 2 aliphatic rings. The van der Waals surface area contributed by atoms with Gasteiger partial charge in [-0.25, -0.2) is 4.98 Å². The highest BCUT2D eigenvalue weighted by atomic mass is 16.5. The number of nitrogens with one attached hydrogen (secondary N) is 2. The van der Waals surface area contributed by atoms with Gasteiger partial charge in [-0.05, 0) is 50.6 Å². The first-order chi connectivity index (χ1) is 16.1. The van der Waals surface area contributed by atoms with Gasteiger partial charge in [0, 0.05) is 57.1 Å². The molecule has 33 heavy (non-hydrogen) atoms. The van der Waals surface area contributed by atoms with Crippen molar-refractivity contribution >= 4 is 17.5 Å². The Balaban J connectivity index is 1.32. The van der Waals surface area contributed by atoms with Crippen LogP contribution >= 0.6 is 0 Å². The van der Waals surface area contributed by atoms with Crippen LogP contribution in [0.15, 0.2) is 30.5 Å². The maximum Gasteiger partial charge on any atom is 0.229 e. The summed E-state index contributed by atoms with van der Waals surface area (Å²) < 4.78 is 16.8. The number of nitrogens with zero attached hydrogens (tertiary/aromatic N) is 3. The summed E-state index contributed by atoms with van der Waals surface area (Å²) in [5.41, 5.74) is 0.0406. The molecule has 1 aromatic carbocycles. The summed E-state index contributed by atoms with van der Waals surface area (Å²) in [6.07, 6.45) is 6.50. The molecule has 0 bridgehead atoms. The molecule has 0 unspecified atom stereocenters. The van der Waals surface area contributed by atoms with Crippen molar-refractivity contribution in [2.45, 2.75) is 37.7 Å². The molecular weight excluding hydrogens is 422 g/mol. The van der Waals surface area contributed by atoms with Crippen molar-refractivity contribution in [2.24, 2.45) is 0 Å². The van der Waals surface area contributed by atoms with Crippen LogP contribution in [0.25, 0.3) is 0 Å². The molecule has 0 amide bonds. The number of aromatic nitrogens is 2. The summed E-state index contributed by atoms with van der Waals surface area (Å²) in [6, 6.07) is 7.48. The van der Waals surface area contributed by atoms with E-state index in [4.69, 9.17) is 14.2 Å². The minimum Gasteiger partial charge on any atom is -0.493 e. The van der Waals surface area contributed by atoms with Gasteiger partial charge < -0.3 is 34.9 Å². The highest BCUT2D eigenvalue weighted by Crippen LogP contribution is 2.31. The van der Waals surface area contributed by atoms with Gasteiger partial charge in [0.25, 0.3) is 0 Å². The maximum absolute atomic E-state index is 10.6. The Kier molecular flexibility index (Phi) is 8.20. The highest BCUT2D eigenvalue weighted by Gasteiger charge is 2.29. The molecule has 9 heteroatoms. The molecule has 2 aromatic rings. The van der Waals surface area contributed by atoms with Gasteiger partial charge in [0.1, 0.15) is 5.82 Å². The van der Waals surface area contributed by atoms with Gasteiger partial charge in [-0.2, -0.15) is 4.98 Å². The molecule has 4 rings (SSSR count). The third kappa shape index (κ3) is 6.93. The van der Waals surface area contributed by atoms with Crippen molar-refractivity contribution in [1.29, 1.82) is 0 Å². The normalized spacial score (nSPS) is 18.1. The zero-order valence-corrected chi connectivity index (χ0v) is 19.4. The van der Waals surface area contributed by atoms with Gasteiger partial charge in [-0.3, -0.25) is 0 Å². The van der Waals surface area contributed by atoms with E-state index in [1.54, 1.807) is 19.4 Å². The van der Waals surface area contributed by atoms with Crippen LogP contribution in [0.3, 0.4) is 0 Å². The molecule has 180 valence electrons. The largest absolute Gasteiger partial charge is 0.493 e. The fourth-order valence-corrected chi connectivity index (χ4v) is 4.17. The van der Waals surface area contributed by atoms with E-state index in [0.717, 1.165) is 18.7 Å². The van der Waals surface area contributed by atoms with Crippen molar-refractivity contribution in [3.63, 3.8) is 0 Å². The third-order valence-electron chi connectivity index (χ3n) is 6.17. The summed E-state index contributed by atoms with van der Waals surface area (Å²) in [5.74, 6) is 2.51. The van der Waals surface area contributed by atoms with E-state index in [0.29, 0.717) is 62.5 Å². The van der Waals surface area contributed by atoms with Crippen LogP contribution in [-0.2, 0) is 4.74 Å². The maximum atomic E-state index is 10.6. The average Bonchev–Trinajstić information content (AvgIpc) is 3.35. The number of methoxy groups -OCH3 is 1. The fraction of sp³-hybridized carbons (Fsp3) is 0.583. The first kappa shape index (κ1) is 23.5. The summed E-state index contributed by atoms with van der Waals surface area (Å²) >= 11 is 0. The standard InChI is InChI=1S/C24H35N5O4/c1-31-20-6-5-19(17-21(20)33-14-4-13-29-11-2-3-12-29)27-23-25-10-7-22(28-23)26-18-24(30)8-15-32-16-9-24/h5-7,10,17,30H,2-4,8-9,11-16,18H2,1H3,(H2,25,26,27,28). The van der Waals surface area contributed by atoms with Gasteiger partial charge in [-0.1, -0.05) is 0 Å². The zero-order valence-electron chi connectivity index (χ0n) is 19.4. The molecular formula is C24H35N5O4. The summed E-state index contributed by atoms with van der Waals surface area (Å²) in [7, 11) is 1.64. The molecule has 9 nitrogen and oxygen atoms in total. The van der Waals surface area contributed by atoms with Crippen LogP contribution in [0, 0.1) is 0 Å². The lowest BCUT2D eigenvalue weighted by molar-refractivity contribution is -0.0543.